The zero-order valence-corrected chi connectivity index (χ0v) is 11.6. The highest BCUT2D eigenvalue weighted by molar-refractivity contribution is 5.65. The molecule has 2 heteroatoms. The van der Waals surface area contributed by atoms with Gasteiger partial charge in [0.2, 0.25) is 0 Å². The van der Waals surface area contributed by atoms with Gasteiger partial charge in [0.1, 0.15) is 5.75 Å². The Kier molecular flexibility index (Phi) is 4.58. The summed E-state index contributed by atoms with van der Waals surface area (Å²) in [5.74, 6) is 0.904. The molecule has 0 aliphatic rings. The highest BCUT2D eigenvalue weighted by Crippen LogP contribution is 2.24. The summed E-state index contributed by atoms with van der Waals surface area (Å²) in [4.78, 5) is 0. The fraction of sp³-hybridized carbons (Fsp3) is 0.294. The van der Waals surface area contributed by atoms with Crippen molar-refractivity contribution >= 4 is 0 Å². The fourth-order valence-corrected chi connectivity index (χ4v) is 1.94. The smallest absolute Gasteiger partial charge is 0.119 e. The van der Waals surface area contributed by atoms with Crippen molar-refractivity contribution in [3.63, 3.8) is 0 Å². The van der Waals surface area contributed by atoms with Gasteiger partial charge in [-0.3, -0.25) is 0 Å². The van der Waals surface area contributed by atoms with Gasteiger partial charge in [-0.15, -0.1) is 0 Å². The number of aryl methyl sites for hydroxylation is 2. The van der Waals surface area contributed by atoms with Crippen molar-refractivity contribution in [1.82, 2.24) is 0 Å². The lowest BCUT2D eigenvalue weighted by Crippen LogP contribution is -2.05. The molecular formula is C17H21NO. The molecule has 100 valence electrons. The van der Waals surface area contributed by atoms with Crippen LogP contribution in [0, 0.1) is 13.8 Å². The largest absolute Gasteiger partial charge is 0.494 e. The molecule has 0 heterocycles. The summed E-state index contributed by atoms with van der Waals surface area (Å²) in [7, 11) is 0. The van der Waals surface area contributed by atoms with Crippen molar-refractivity contribution in [2.75, 3.05) is 13.2 Å². The van der Waals surface area contributed by atoms with Gasteiger partial charge in [-0.25, -0.2) is 0 Å². The SMILES string of the molecule is Cc1ccc(-c2ccc(OCCCN)cc2)cc1C. The van der Waals surface area contributed by atoms with Gasteiger partial charge in [-0.1, -0.05) is 30.3 Å². The fourth-order valence-electron chi connectivity index (χ4n) is 1.94. The molecule has 2 N–H and O–H groups in total. The van der Waals surface area contributed by atoms with E-state index in [1.54, 1.807) is 0 Å². The summed E-state index contributed by atoms with van der Waals surface area (Å²) in [6.45, 7) is 5.62. The Balaban J connectivity index is 2.11. The number of rotatable bonds is 5. The Morgan fingerprint density at radius 3 is 2.21 bits per heavy atom. The van der Waals surface area contributed by atoms with Crippen LogP contribution in [0.25, 0.3) is 11.1 Å². The van der Waals surface area contributed by atoms with Crippen LogP contribution >= 0.6 is 0 Å². The Morgan fingerprint density at radius 1 is 0.895 bits per heavy atom. The minimum Gasteiger partial charge on any atom is -0.494 e. The van der Waals surface area contributed by atoms with Gasteiger partial charge in [-0.05, 0) is 61.2 Å². The number of ether oxygens (including phenoxy) is 1. The highest BCUT2D eigenvalue weighted by Gasteiger charge is 2.00. The molecule has 0 radical (unpaired) electrons. The molecule has 0 spiro atoms. The van der Waals surface area contributed by atoms with Gasteiger partial charge >= 0.3 is 0 Å². The first kappa shape index (κ1) is 13.6. The van der Waals surface area contributed by atoms with Crippen molar-refractivity contribution < 1.29 is 4.74 Å². The van der Waals surface area contributed by atoms with E-state index in [0.717, 1.165) is 12.2 Å². The van der Waals surface area contributed by atoms with Crippen LogP contribution in [-0.4, -0.2) is 13.2 Å². The van der Waals surface area contributed by atoms with Crippen LogP contribution in [0.1, 0.15) is 17.5 Å². The Labute approximate surface area is 115 Å². The monoisotopic (exact) mass is 255 g/mol. The number of hydrogen-bond donors (Lipinski definition) is 1. The summed E-state index contributed by atoms with van der Waals surface area (Å²) in [5.41, 5.74) is 10.5. The molecule has 0 atom stereocenters. The molecule has 2 rings (SSSR count). The summed E-state index contributed by atoms with van der Waals surface area (Å²) >= 11 is 0. The average molecular weight is 255 g/mol. The van der Waals surface area contributed by atoms with E-state index in [1.165, 1.54) is 22.3 Å². The Bertz CT molecular complexity index is 531. The van der Waals surface area contributed by atoms with Gasteiger partial charge in [0, 0.05) is 0 Å². The molecule has 2 nitrogen and oxygen atoms in total. The third-order valence-corrected chi connectivity index (χ3v) is 3.31. The van der Waals surface area contributed by atoms with Crippen molar-refractivity contribution in [2.24, 2.45) is 5.73 Å². The lowest BCUT2D eigenvalue weighted by molar-refractivity contribution is 0.313. The first-order valence-corrected chi connectivity index (χ1v) is 6.71. The van der Waals surface area contributed by atoms with E-state index in [2.05, 4.69) is 44.2 Å². The molecule has 0 amide bonds. The maximum atomic E-state index is 5.60. The molecule has 0 aliphatic heterocycles. The van der Waals surface area contributed by atoms with E-state index in [9.17, 15) is 0 Å². The van der Waals surface area contributed by atoms with Crippen molar-refractivity contribution in [1.29, 1.82) is 0 Å². The quantitative estimate of drug-likeness (QED) is 0.827. The minimum atomic E-state index is 0.667. The normalized spacial score (nSPS) is 10.5. The van der Waals surface area contributed by atoms with Crippen LogP contribution in [0.5, 0.6) is 5.75 Å². The maximum absolute atomic E-state index is 5.60. The predicted octanol–water partition coefficient (Wildman–Crippen LogP) is 3.70. The average Bonchev–Trinajstić information content (AvgIpc) is 2.43. The molecule has 2 aromatic rings. The van der Waals surface area contributed by atoms with Crippen molar-refractivity contribution in [2.45, 2.75) is 20.3 Å². The topological polar surface area (TPSA) is 35.2 Å². The van der Waals surface area contributed by atoms with Gasteiger partial charge < -0.3 is 10.5 Å². The second-order valence-electron chi connectivity index (χ2n) is 4.81. The first-order chi connectivity index (χ1) is 9.20. The van der Waals surface area contributed by atoms with E-state index in [0.29, 0.717) is 13.2 Å². The van der Waals surface area contributed by atoms with Crippen LogP contribution in [0.3, 0.4) is 0 Å². The molecule has 19 heavy (non-hydrogen) atoms. The molecular weight excluding hydrogens is 234 g/mol. The van der Waals surface area contributed by atoms with E-state index >= 15 is 0 Å². The second-order valence-corrected chi connectivity index (χ2v) is 4.81. The lowest BCUT2D eigenvalue weighted by atomic mass is 10.0. The summed E-state index contributed by atoms with van der Waals surface area (Å²) in [6.07, 6.45) is 0.888. The summed E-state index contributed by atoms with van der Waals surface area (Å²) in [6, 6.07) is 14.8. The van der Waals surface area contributed by atoms with Crippen LogP contribution in [0.2, 0.25) is 0 Å². The van der Waals surface area contributed by atoms with E-state index in [1.807, 2.05) is 12.1 Å². The molecule has 0 aliphatic carbocycles. The van der Waals surface area contributed by atoms with Crippen LogP contribution in [-0.2, 0) is 0 Å². The van der Waals surface area contributed by atoms with E-state index < -0.39 is 0 Å². The Hall–Kier alpha value is -1.80. The van der Waals surface area contributed by atoms with Crippen LogP contribution in [0.15, 0.2) is 42.5 Å². The molecule has 0 unspecified atom stereocenters. The first-order valence-electron chi connectivity index (χ1n) is 6.71. The second kappa shape index (κ2) is 6.39. The van der Waals surface area contributed by atoms with Gasteiger partial charge in [0.05, 0.1) is 6.61 Å². The molecule has 2 aromatic carbocycles. The molecule has 0 fully saturated rings. The third-order valence-electron chi connectivity index (χ3n) is 3.31. The molecule has 0 saturated heterocycles. The Morgan fingerprint density at radius 2 is 1.58 bits per heavy atom. The summed E-state index contributed by atoms with van der Waals surface area (Å²) < 4.78 is 5.60. The zero-order valence-electron chi connectivity index (χ0n) is 11.6. The van der Waals surface area contributed by atoms with Gasteiger partial charge in [0.15, 0.2) is 0 Å². The van der Waals surface area contributed by atoms with E-state index in [-0.39, 0.29) is 0 Å². The summed E-state index contributed by atoms with van der Waals surface area (Å²) in [5, 5.41) is 0. The van der Waals surface area contributed by atoms with Crippen molar-refractivity contribution in [3.05, 3.63) is 53.6 Å². The molecule has 0 bridgehead atoms. The van der Waals surface area contributed by atoms with Crippen molar-refractivity contribution in [3.8, 4) is 16.9 Å². The van der Waals surface area contributed by atoms with Gasteiger partial charge in [-0.2, -0.15) is 0 Å². The zero-order chi connectivity index (χ0) is 13.7. The van der Waals surface area contributed by atoms with E-state index in [4.69, 9.17) is 10.5 Å². The van der Waals surface area contributed by atoms with Crippen LogP contribution < -0.4 is 10.5 Å². The number of hydrogen-bond acceptors (Lipinski definition) is 2. The minimum absolute atomic E-state index is 0.667. The highest BCUT2D eigenvalue weighted by atomic mass is 16.5. The standard InChI is InChI=1S/C17H21NO/c1-13-4-5-16(12-14(13)2)15-6-8-17(9-7-15)19-11-3-10-18/h4-9,12H,3,10-11,18H2,1-2H3. The lowest BCUT2D eigenvalue weighted by Gasteiger charge is -2.08. The maximum Gasteiger partial charge on any atom is 0.119 e. The third kappa shape index (κ3) is 3.58. The number of nitrogens with two attached hydrogens (primary N) is 1. The van der Waals surface area contributed by atoms with Crippen LogP contribution in [0.4, 0.5) is 0 Å². The molecule has 0 aromatic heterocycles. The predicted molar refractivity (Wildman–Crippen MR) is 80.5 cm³/mol. The number of benzene rings is 2. The van der Waals surface area contributed by atoms with Gasteiger partial charge in [0.25, 0.3) is 0 Å². The molecule has 0 saturated carbocycles.